The molecule has 2 aromatic rings. The fourth-order valence-corrected chi connectivity index (χ4v) is 3.30. The number of hydrogen-bond acceptors (Lipinski definition) is 3. The van der Waals surface area contributed by atoms with Crippen LogP contribution in [0.3, 0.4) is 0 Å². The number of carbonyl (C=O) groups is 3. The number of ketones is 1. The predicted molar refractivity (Wildman–Crippen MR) is 98.7 cm³/mol. The molecule has 3 rings (SSSR count). The molecule has 1 aliphatic rings. The standard InChI is InChI=1S/C21H22N2O3/c1-2-3-14-21(17-12-8-5-9-13-17)19(25)23(20(26)22-21)15-18(24)16-10-6-4-7-11-16/h4-13H,2-3,14-15H2,1H3,(H,22,26). The minimum Gasteiger partial charge on any atom is -0.319 e. The molecule has 1 fully saturated rings. The van der Waals surface area contributed by atoms with Crippen LogP contribution in [0.1, 0.15) is 42.1 Å². The highest BCUT2D eigenvalue weighted by molar-refractivity contribution is 6.11. The van der Waals surface area contributed by atoms with Crippen LogP contribution < -0.4 is 5.32 Å². The van der Waals surface area contributed by atoms with Crippen LogP contribution in [0.2, 0.25) is 0 Å². The van der Waals surface area contributed by atoms with Crippen LogP contribution in [-0.2, 0) is 10.3 Å². The van der Waals surface area contributed by atoms with E-state index in [1.165, 1.54) is 0 Å². The number of urea groups is 1. The molecule has 134 valence electrons. The Bertz CT molecular complexity index is 805. The van der Waals surface area contributed by atoms with E-state index in [0.29, 0.717) is 12.0 Å². The Hall–Kier alpha value is -2.95. The highest BCUT2D eigenvalue weighted by Gasteiger charge is 2.52. The molecule has 0 aliphatic carbocycles. The Morgan fingerprint density at radius 1 is 1.00 bits per heavy atom. The summed E-state index contributed by atoms with van der Waals surface area (Å²) in [6.45, 7) is 1.78. The molecule has 5 nitrogen and oxygen atoms in total. The molecule has 1 atom stereocenters. The van der Waals surface area contributed by atoms with Crippen LogP contribution in [0.15, 0.2) is 60.7 Å². The molecule has 3 amide bonds. The Morgan fingerprint density at radius 3 is 2.23 bits per heavy atom. The second kappa shape index (κ2) is 7.52. The normalized spacial score (nSPS) is 19.5. The van der Waals surface area contributed by atoms with Crippen molar-refractivity contribution in [2.75, 3.05) is 6.54 Å². The van der Waals surface area contributed by atoms with Crippen molar-refractivity contribution in [2.45, 2.75) is 31.7 Å². The van der Waals surface area contributed by atoms with E-state index in [4.69, 9.17) is 0 Å². The molecule has 2 aromatic carbocycles. The van der Waals surface area contributed by atoms with E-state index in [9.17, 15) is 14.4 Å². The van der Waals surface area contributed by atoms with E-state index in [2.05, 4.69) is 5.32 Å². The zero-order valence-corrected chi connectivity index (χ0v) is 14.8. The van der Waals surface area contributed by atoms with E-state index in [0.717, 1.165) is 23.3 Å². The first-order chi connectivity index (χ1) is 12.6. The number of rotatable bonds is 7. The number of nitrogens with zero attached hydrogens (tertiary/aromatic N) is 1. The summed E-state index contributed by atoms with van der Waals surface area (Å²) >= 11 is 0. The first-order valence-corrected chi connectivity index (χ1v) is 8.86. The predicted octanol–water partition coefficient (Wildman–Crippen LogP) is 3.51. The van der Waals surface area contributed by atoms with Crippen molar-refractivity contribution in [2.24, 2.45) is 0 Å². The lowest BCUT2D eigenvalue weighted by Crippen LogP contribution is -2.44. The van der Waals surface area contributed by atoms with Crippen molar-refractivity contribution in [3.63, 3.8) is 0 Å². The van der Waals surface area contributed by atoms with Gasteiger partial charge in [-0.15, -0.1) is 0 Å². The third-order valence-electron chi connectivity index (χ3n) is 4.75. The van der Waals surface area contributed by atoms with E-state index in [1.807, 2.05) is 43.3 Å². The number of benzene rings is 2. The van der Waals surface area contributed by atoms with Crippen molar-refractivity contribution in [1.82, 2.24) is 10.2 Å². The van der Waals surface area contributed by atoms with Crippen LogP contribution in [0.4, 0.5) is 4.79 Å². The summed E-state index contributed by atoms with van der Waals surface area (Å²) in [7, 11) is 0. The lowest BCUT2D eigenvalue weighted by atomic mass is 9.85. The smallest absolute Gasteiger partial charge is 0.319 e. The highest BCUT2D eigenvalue weighted by Crippen LogP contribution is 2.34. The van der Waals surface area contributed by atoms with Crippen LogP contribution in [-0.4, -0.2) is 29.2 Å². The zero-order chi connectivity index (χ0) is 18.6. The van der Waals surface area contributed by atoms with Crippen molar-refractivity contribution in [3.8, 4) is 0 Å². The summed E-state index contributed by atoms with van der Waals surface area (Å²) in [5, 5.41) is 2.86. The minimum absolute atomic E-state index is 0.255. The molecule has 0 aromatic heterocycles. The van der Waals surface area contributed by atoms with Gasteiger partial charge in [0.25, 0.3) is 5.91 Å². The number of imide groups is 1. The van der Waals surface area contributed by atoms with Crippen LogP contribution in [0.25, 0.3) is 0 Å². The van der Waals surface area contributed by atoms with Gasteiger partial charge in [-0.3, -0.25) is 14.5 Å². The van der Waals surface area contributed by atoms with Gasteiger partial charge < -0.3 is 5.32 Å². The number of unbranched alkanes of at least 4 members (excludes halogenated alkanes) is 1. The first-order valence-electron chi connectivity index (χ1n) is 8.86. The maximum absolute atomic E-state index is 13.2. The third-order valence-corrected chi connectivity index (χ3v) is 4.75. The minimum atomic E-state index is -1.09. The van der Waals surface area contributed by atoms with E-state index in [1.54, 1.807) is 24.3 Å². The average molecular weight is 350 g/mol. The number of hydrogen-bond donors (Lipinski definition) is 1. The maximum Gasteiger partial charge on any atom is 0.325 e. The quantitative estimate of drug-likeness (QED) is 0.614. The summed E-state index contributed by atoms with van der Waals surface area (Å²) in [4.78, 5) is 39.3. The van der Waals surface area contributed by atoms with Crippen molar-refractivity contribution >= 4 is 17.7 Å². The number of amides is 3. The molecule has 1 aliphatic heterocycles. The molecule has 1 N–H and O–H groups in total. The molecule has 5 heteroatoms. The van der Waals surface area contributed by atoms with Gasteiger partial charge in [0.1, 0.15) is 5.54 Å². The topological polar surface area (TPSA) is 66.5 Å². The second-order valence-electron chi connectivity index (χ2n) is 6.49. The van der Waals surface area contributed by atoms with Crippen molar-refractivity contribution in [3.05, 3.63) is 71.8 Å². The van der Waals surface area contributed by atoms with Gasteiger partial charge in [-0.1, -0.05) is 80.4 Å². The summed E-state index contributed by atoms with van der Waals surface area (Å²) < 4.78 is 0. The molecule has 0 radical (unpaired) electrons. The largest absolute Gasteiger partial charge is 0.325 e. The number of Topliss-reactive ketones (excluding diaryl/α,β-unsaturated/α-hetero) is 1. The van der Waals surface area contributed by atoms with Crippen LogP contribution in [0, 0.1) is 0 Å². The summed E-state index contributed by atoms with van der Waals surface area (Å²) in [5.41, 5.74) is 0.144. The SMILES string of the molecule is CCCCC1(c2ccccc2)NC(=O)N(CC(=O)c2ccccc2)C1=O. The Labute approximate surface area is 153 Å². The lowest BCUT2D eigenvalue weighted by Gasteiger charge is -2.27. The van der Waals surface area contributed by atoms with Gasteiger partial charge in [-0.05, 0) is 12.0 Å². The van der Waals surface area contributed by atoms with Gasteiger partial charge in [-0.25, -0.2) is 4.79 Å². The molecule has 1 heterocycles. The van der Waals surface area contributed by atoms with Gasteiger partial charge in [0.2, 0.25) is 0 Å². The lowest BCUT2D eigenvalue weighted by molar-refractivity contribution is -0.131. The summed E-state index contributed by atoms with van der Waals surface area (Å²) in [5.74, 6) is -0.611. The zero-order valence-electron chi connectivity index (χ0n) is 14.8. The summed E-state index contributed by atoms with van der Waals surface area (Å²) in [6, 6.07) is 17.4. The molecular formula is C21H22N2O3. The fraction of sp³-hybridized carbons (Fsp3) is 0.286. The second-order valence-corrected chi connectivity index (χ2v) is 6.49. The van der Waals surface area contributed by atoms with Crippen molar-refractivity contribution < 1.29 is 14.4 Å². The molecule has 0 spiro atoms. The number of carbonyl (C=O) groups excluding carboxylic acids is 3. The fourth-order valence-electron chi connectivity index (χ4n) is 3.30. The Morgan fingerprint density at radius 2 is 1.62 bits per heavy atom. The van der Waals surface area contributed by atoms with Gasteiger partial charge >= 0.3 is 6.03 Å². The van der Waals surface area contributed by atoms with E-state index in [-0.39, 0.29) is 18.2 Å². The van der Waals surface area contributed by atoms with Gasteiger partial charge in [0, 0.05) is 5.56 Å². The molecule has 26 heavy (non-hydrogen) atoms. The summed E-state index contributed by atoms with van der Waals surface area (Å²) in [6.07, 6.45) is 2.20. The maximum atomic E-state index is 13.2. The molecule has 0 bridgehead atoms. The van der Waals surface area contributed by atoms with Crippen molar-refractivity contribution in [1.29, 1.82) is 0 Å². The third kappa shape index (κ3) is 3.25. The molecule has 1 saturated heterocycles. The molecule has 1 unspecified atom stereocenters. The first kappa shape index (κ1) is 17.9. The highest BCUT2D eigenvalue weighted by atomic mass is 16.2. The number of nitrogens with one attached hydrogen (secondary N) is 1. The average Bonchev–Trinajstić information content (AvgIpc) is 2.93. The van der Waals surface area contributed by atoms with Gasteiger partial charge in [-0.2, -0.15) is 0 Å². The Kier molecular flexibility index (Phi) is 5.16. The van der Waals surface area contributed by atoms with E-state index >= 15 is 0 Å². The van der Waals surface area contributed by atoms with Crippen LogP contribution >= 0.6 is 0 Å². The molecular weight excluding hydrogens is 328 g/mol. The van der Waals surface area contributed by atoms with E-state index < -0.39 is 11.6 Å². The molecule has 0 saturated carbocycles. The van der Waals surface area contributed by atoms with Crippen LogP contribution in [0.5, 0.6) is 0 Å². The van der Waals surface area contributed by atoms with Gasteiger partial charge in [0.05, 0.1) is 6.54 Å². The van der Waals surface area contributed by atoms with Gasteiger partial charge in [0.15, 0.2) is 5.78 Å². The monoisotopic (exact) mass is 350 g/mol. The Balaban J connectivity index is 1.89.